The molecule has 0 radical (unpaired) electrons. The predicted octanol–water partition coefficient (Wildman–Crippen LogP) is 2.84. The number of hydrogen-bond acceptors (Lipinski definition) is 3. The Kier molecular flexibility index (Phi) is 5.96. The number of ether oxygens (including phenoxy) is 1. The Hall–Kier alpha value is -0.570. The summed E-state index contributed by atoms with van der Waals surface area (Å²) in [6.07, 6.45) is 5.20. The van der Waals surface area contributed by atoms with E-state index in [-0.39, 0.29) is 5.97 Å². The van der Waals surface area contributed by atoms with Gasteiger partial charge >= 0.3 is 5.97 Å². The second kappa shape index (κ2) is 7.00. The molecule has 1 aliphatic heterocycles. The zero-order chi connectivity index (χ0) is 12.7. The molecule has 3 nitrogen and oxygen atoms in total. The van der Waals surface area contributed by atoms with Gasteiger partial charge < -0.3 is 9.64 Å². The van der Waals surface area contributed by atoms with E-state index in [1.165, 1.54) is 32.5 Å². The third-order valence-electron chi connectivity index (χ3n) is 3.42. The lowest BCUT2D eigenvalue weighted by Crippen LogP contribution is -2.24. The Labute approximate surface area is 106 Å². The molecule has 100 valence electrons. The van der Waals surface area contributed by atoms with Gasteiger partial charge in [-0.05, 0) is 44.7 Å². The Morgan fingerprint density at radius 2 is 2.06 bits per heavy atom. The predicted molar refractivity (Wildman–Crippen MR) is 69.9 cm³/mol. The van der Waals surface area contributed by atoms with E-state index in [0.717, 1.165) is 12.8 Å². The van der Waals surface area contributed by atoms with Crippen LogP contribution in [0.4, 0.5) is 0 Å². The first-order valence-corrected chi connectivity index (χ1v) is 6.91. The maximum absolute atomic E-state index is 11.1. The minimum absolute atomic E-state index is 0.0465. The maximum atomic E-state index is 11.1. The monoisotopic (exact) mass is 241 g/mol. The van der Waals surface area contributed by atoms with E-state index < -0.39 is 0 Å². The summed E-state index contributed by atoms with van der Waals surface area (Å²) in [5.74, 6) is -0.0465. The van der Waals surface area contributed by atoms with E-state index in [2.05, 4.69) is 18.7 Å². The zero-order valence-electron chi connectivity index (χ0n) is 11.6. The van der Waals surface area contributed by atoms with Crippen LogP contribution in [0, 0.1) is 5.41 Å². The molecule has 17 heavy (non-hydrogen) atoms. The van der Waals surface area contributed by atoms with Crippen LogP contribution in [-0.2, 0) is 9.53 Å². The lowest BCUT2D eigenvalue weighted by atomic mass is 9.93. The number of rotatable bonds is 7. The molecule has 0 amide bonds. The highest BCUT2D eigenvalue weighted by atomic mass is 16.5. The highest BCUT2D eigenvalue weighted by Gasteiger charge is 2.28. The Balaban J connectivity index is 1.96. The van der Waals surface area contributed by atoms with E-state index in [9.17, 15) is 4.79 Å². The summed E-state index contributed by atoms with van der Waals surface area (Å²) in [4.78, 5) is 13.7. The molecular weight excluding hydrogens is 214 g/mol. The van der Waals surface area contributed by atoms with Crippen LogP contribution in [-0.4, -0.2) is 37.1 Å². The minimum Gasteiger partial charge on any atom is -0.466 e. The van der Waals surface area contributed by atoms with Crippen molar-refractivity contribution in [2.24, 2.45) is 5.41 Å². The topological polar surface area (TPSA) is 29.5 Å². The largest absolute Gasteiger partial charge is 0.466 e. The van der Waals surface area contributed by atoms with Crippen LogP contribution >= 0.6 is 0 Å². The van der Waals surface area contributed by atoms with Gasteiger partial charge in [-0.3, -0.25) is 4.79 Å². The first-order valence-electron chi connectivity index (χ1n) is 6.91. The van der Waals surface area contributed by atoms with E-state index in [0.29, 0.717) is 18.4 Å². The fourth-order valence-corrected chi connectivity index (χ4v) is 2.43. The van der Waals surface area contributed by atoms with Crippen molar-refractivity contribution in [1.29, 1.82) is 0 Å². The lowest BCUT2D eigenvalue weighted by Gasteiger charge is -2.19. The quantitative estimate of drug-likeness (QED) is 0.507. The van der Waals surface area contributed by atoms with Gasteiger partial charge in [0.05, 0.1) is 6.61 Å². The van der Waals surface area contributed by atoms with Crippen molar-refractivity contribution < 1.29 is 9.53 Å². The Morgan fingerprint density at radius 3 is 2.65 bits per heavy atom. The van der Waals surface area contributed by atoms with Crippen LogP contribution in [0.3, 0.4) is 0 Å². The normalized spacial score (nSPS) is 19.5. The number of carbonyl (C=O) groups is 1. The van der Waals surface area contributed by atoms with Crippen LogP contribution in [0.15, 0.2) is 0 Å². The van der Waals surface area contributed by atoms with E-state index in [4.69, 9.17) is 4.74 Å². The minimum atomic E-state index is -0.0465. The fourth-order valence-electron chi connectivity index (χ4n) is 2.43. The summed E-state index contributed by atoms with van der Waals surface area (Å²) >= 11 is 0. The maximum Gasteiger partial charge on any atom is 0.305 e. The van der Waals surface area contributed by atoms with Gasteiger partial charge in [0, 0.05) is 13.0 Å². The molecule has 1 rings (SSSR count). The molecule has 0 saturated carbocycles. The first kappa shape index (κ1) is 14.5. The van der Waals surface area contributed by atoms with Crippen molar-refractivity contribution in [3.05, 3.63) is 0 Å². The summed E-state index contributed by atoms with van der Waals surface area (Å²) < 4.78 is 4.90. The van der Waals surface area contributed by atoms with Crippen LogP contribution < -0.4 is 0 Å². The molecule has 1 saturated heterocycles. The van der Waals surface area contributed by atoms with Gasteiger partial charge in [0.2, 0.25) is 0 Å². The van der Waals surface area contributed by atoms with Crippen molar-refractivity contribution >= 4 is 5.97 Å². The molecule has 1 fully saturated rings. The molecule has 1 aliphatic rings. The van der Waals surface area contributed by atoms with Crippen molar-refractivity contribution in [2.45, 2.75) is 52.9 Å². The molecule has 0 aromatic carbocycles. The molecule has 0 aromatic heterocycles. The summed E-state index contributed by atoms with van der Waals surface area (Å²) in [5.41, 5.74) is 0.505. The van der Waals surface area contributed by atoms with Crippen LogP contribution in [0.1, 0.15) is 52.9 Å². The molecule has 1 heterocycles. The zero-order valence-corrected chi connectivity index (χ0v) is 11.6. The third-order valence-corrected chi connectivity index (χ3v) is 3.42. The fraction of sp³-hybridized carbons (Fsp3) is 0.929. The molecular formula is C14H27NO2. The van der Waals surface area contributed by atoms with Gasteiger partial charge in [-0.1, -0.05) is 20.3 Å². The van der Waals surface area contributed by atoms with Gasteiger partial charge in [-0.25, -0.2) is 0 Å². The van der Waals surface area contributed by atoms with Crippen LogP contribution in [0.2, 0.25) is 0 Å². The number of nitrogens with zero attached hydrogens (tertiary/aromatic N) is 1. The second-order valence-corrected chi connectivity index (χ2v) is 5.81. The average molecular weight is 241 g/mol. The summed E-state index contributed by atoms with van der Waals surface area (Å²) in [6, 6.07) is 0. The highest BCUT2D eigenvalue weighted by molar-refractivity contribution is 5.69. The van der Waals surface area contributed by atoms with Crippen molar-refractivity contribution in [3.63, 3.8) is 0 Å². The molecule has 3 heteroatoms. The molecule has 0 N–H and O–H groups in total. The van der Waals surface area contributed by atoms with E-state index in [1.807, 2.05) is 6.92 Å². The van der Waals surface area contributed by atoms with Crippen LogP contribution in [0.5, 0.6) is 0 Å². The molecule has 0 aliphatic carbocycles. The molecule has 0 unspecified atom stereocenters. The van der Waals surface area contributed by atoms with Gasteiger partial charge in [0.25, 0.3) is 0 Å². The number of esters is 1. The molecule has 0 atom stereocenters. The van der Waals surface area contributed by atoms with E-state index in [1.54, 1.807) is 0 Å². The van der Waals surface area contributed by atoms with Gasteiger partial charge in [-0.15, -0.1) is 0 Å². The Morgan fingerprint density at radius 1 is 1.29 bits per heavy atom. The highest BCUT2D eigenvalue weighted by Crippen LogP contribution is 2.28. The molecule has 0 spiro atoms. The number of unbranched alkanes of at least 4 members (excludes halogenated alkanes) is 2. The number of carbonyl (C=O) groups excluding carboxylic acids is 1. The van der Waals surface area contributed by atoms with Crippen LogP contribution in [0.25, 0.3) is 0 Å². The van der Waals surface area contributed by atoms with Crippen molar-refractivity contribution in [1.82, 2.24) is 4.90 Å². The smallest absolute Gasteiger partial charge is 0.305 e. The van der Waals surface area contributed by atoms with Gasteiger partial charge in [0.1, 0.15) is 0 Å². The number of likely N-dealkylation sites (tertiary alicyclic amines) is 1. The van der Waals surface area contributed by atoms with Crippen molar-refractivity contribution in [3.8, 4) is 0 Å². The Bertz CT molecular complexity index is 238. The summed E-state index contributed by atoms with van der Waals surface area (Å²) in [5, 5.41) is 0. The summed E-state index contributed by atoms with van der Waals surface area (Å²) in [6.45, 7) is 10.7. The average Bonchev–Trinajstić information content (AvgIpc) is 2.58. The SMILES string of the molecule is CCOC(=O)CCCCCN1CCC(C)(C)C1. The first-order chi connectivity index (χ1) is 8.03. The second-order valence-electron chi connectivity index (χ2n) is 5.81. The van der Waals surface area contributed by atoms with Gasteiger partial charge in [-0.2, -0.15) is 0 Å². The van der Waals surface area contributed by atoms with Crippen molar-refractivity contribution in [2.75, 3.05) is 26.2 Å². The lowest BCUT2D eigenvalue weighted by molar-refractivity contribution is -0.143. The summed E-state index contributed by atoms with van der Waals surface area (Å²) in [7, 11) is 0. The molecule has 0 aromatic rings. The number of hydrogen-bond donors (Lipinski definition) is 0. The van der Waals surface area contributed by atoms with E-state index >= 15 is 0 Å². The standard InChI is InChI=1S/C14H27NO2/c1-4-17-13(16)8-6-5-7-10-15-11-9-14(2,3)12-15/h4-12H2,1-3H3. The van der Waals surface area contributed by atoms with Gasteiger partial charge in [0.15, 0.2) is 0 Å². The third kappa shape index (κ3) is 6.06. The molecule has 0 bridgehead atoms.